The molecule has 0 aliphatic heterocycles. The summed E-state index contributed by atoms with van der Waals surface area (Å²) in [4.78, 5) is 12.0. The maximum absolute atomic E-state index is 13.9. The summed E-state index contributed by atoms with van der Waals surface area (Å²) in [5.41, 5.74) is 1.81. The number of hydrogen-bond acceptors (Lipinski definition) is 2. The zero-order chi connectivity index (χ0) is 14.5. The molecule has 106 valence electrons. The molecule has 0 saturated heterocycles. The smallest absolute Gasteiger partial charge is 0.186 e. The van der Waals surface area contributed by atoms with Gasteiger partial charge in [-0.1, -0.05) is 19.1 Å². The Hall–Kier alpha value is -1.94. The molecule has 0 atom stereocenters. The monoisotopic (exact) mass is 274 g/mol. The average Bonchev–Trinajstić information content (AvgIpc) is 2.42. The van der Waals surface area contributed by atoms with Crippen molar-refractivity contribution in [2.45, 2.75) is 26.8 Å². The quantitative estimate of drug-likeness (QED) is 0.851. The Labute approximate surface area is 118 Å². The number of nitrogens with one attached hydrogen (secondary N) is 1. The van der Waals surface area contributed by atoms with Gasteiger partial charge in [-0.05, 0) is 32.0 Å². The van der Waals surface area contributed by atoms with Crippen LogP contribution < -0.4 is 10.7 Å². The van der Waals surface area contributed by atoms with E-state index in [-0.39, 0.29) is 11.2 Å². The molecule has 4 heteroatoms. The van der Waals surface area contributed by atoms with Crippen molar-refractivity contribution in [1.82, 2.24) is 9.88 Å². The first-order valence-electron chi connectivity index (χ1n) is 6.81. The largest absolute Gasteiger partial charge is 0.318 e. The van der Waals surface area contributed by atoms with Crippen molar-refractivity contribution in [3.8, 4) is 5.69 Å². The van der Waals surface area contributed by atoms with Gasteiger partial charge in [0, 0.05) is 30.1 Å². The molecule has 0 saturated carbocycles. The minimum absolute atomic E-state index is 0.0151. The van der Waals surface area contributed by atoms with Crippen LogP contribution in [-0.4, -0.2) is 11.1 Å². The second kappa shape index (κ2) is 6.48. The fourth-order valence-corrected chi connectivity index (χ4v) is 2.11. The first kappa shape index (κ1) is 14.5. The van der Waals surface area contributed by atoms with Gasteiger partial charge in [0.05, 0.1) is 5.69 Å². The Morgan fingerprint density at radius 3 is 2.75 bits per heavy atom. The van der Waals surface area contributed by atoms with Crippen molar-refractivity contribution in [2.24, 2.45) is 0 Å². The highest BCUT2D eigenvalue weighted by Crippen LogP contribution is 2.14. The topological polar surface area (TPSA) is 34.0 Å². The molecule has 0 bridgehead atoms. The third-order valence-electron chi connectivity index (χ3n) is 3.18. The summed E-state index contributed by atoms with van der Waals surface area (Å²) in [6, 6.07) is 8.11. The summed E-state index contributed by atoms with van der Waals surface area (Å²) in [6.45, 7) is 5.23. The minimum atomic E-state index is -0.299. The number of nitrogens with zero attached hydrogens (tertiary/aromatic N) is 1. The molecule has 1 heterocycles. The third-order valence-corrected chi connectivity index (χ3v) is 3.18. The lowest BCUT2D eigenvalue weighted by Crippen LogP contribution is -2.22. The van der Waals surface area contributed by atoms with Crippen LogP contribution in [0.4, 0.5) is 4.39 Å². The van der Waals surface area contributed by atoms with E-state index in [1.807, 2.05) is 0 Å². The number of aromatic nitrogens is 1. The molecule has 0 aliphatic rings. The fourth-order valence-electron chi connectivity index (χ4n) is 2.11. The average molecular weight is 274 g/mol. The Bertz CT molecular complexity index is 649. The molecule has 1 N–H and O–H groups in total. The Morgan fingerprint density at radius 2 is 2.05 bits per heavy atom. The van der Waals surface area contributed by atoms with Crippen molar-refractivity contribution in [3.63, 3.8) is 0 Å². The van der Waals surface area contributed by atoms with E-state index in [0.29, 0.717) is 17.8 Å². The van der Waals surface area contributed by atoms with Gasteiger partial charge in [0.15, 0.2) is 5.43 Å². The lowest BCUT2D eigenvalue weighted by atomic mass is 10.2. The van der Waals surface area contributed by atoms with E-state index < -0.39 is 0 Å². The van der Waals surface area contributed by atoms with Crippen LogP contribution in [0.3, 0.4) is 0 Å². The molecule has 2 aromatic rings. The number of hydrogen-bond donors (Lipinski definition) is 1. The van der Waals surface area contributed by atoms with Gasteiger partial charge in [0.1, 0.15) is 5.82 Å². The number of halogens is 1. The van der Waals surface area contributed by atoms with Crippen molar-refractivity contribution in [2.75, 3.05) is 6.54 Å². The molecule has 0 fully saturated rings. The van der Waals surface area contributed by atoms with Crippen LogP contribution in [0.1, 0.15) is 24.6 Å². The maximum Gasteiger partial charge on any atom is 0.186 e. The Kier molecular flexibility index (Phi) is 4.69. The van der Waals surface area contributed by atoms with E-state index in [9.17, 15) is 9.18 Å². The van der Waals surface area contributed by atoms with Gasteiger partial charge < -0.3 is 9.88 Å². The highest BCUT2D eigenvalue weighted by atomic mass is 19.1. The van der Waals surface area contributed by atoms with Crippen LogP contribution in [0.15, 0.2) is 41.3 Å². The summed E-state index contributed by atoms with van der Waals surface area (Å²) < 4.78 is 15.6. The highest BCUT2D eigenvalue weighted by molar-refractivity contribution is 5.36. The van der Waals surface area contributed by atoms with Gasteiger partial charge in [0.25, 0.3) is 0 Å². The van der Waals surface area contributed by atoms with Gasteiger partial charge in [-0.25, -0.2) is 4.39 Å². The van der Waals surface area contributed by atoms with Crippen LogP contribution in [-0.2, 0) is 6.54 Å². The molecule has 20 heavy (non-hydrogen) atoms. The van der Waals surface area contributed by atoms with Gasteiger partial charge in [0.2, 0.25) is 0 Å². The molecule has 2 rings (SSSR count). The normalized spacial score (nSPS) is 10.8. The third kappa shape index (κ3) is 3.14. The first-order valence-corrected chi connectivity index (χ1v) is 6.81. The Morgan fingerprint density at radius 1 is 1.30 bits per heavy atom. The number of pyridine rings is 1. The molecular formula is C16H19FN2O. The molecule has 0 radical (unpaired) electrons. The van der Waals surface area contributed by atoms with Gasteiger partial charge in [-0.15, -0.1) is 0 Å². The van der Waals surface area contributed by atoms with Crippen molar-refractivity contribution >= 4 is 0 Å². The van der Waals surface area contributed by atoms with E-state index >= 15 is 0 Å². The molecule has 0 unspecified atom stereocenters. The lowest BCUT2D eigenvalue weighted by molar-refractivity contribution is 0.614. The second-order valence-electron chi connectivity index (χ2n) is 4.80. The second-order valence-corrected chi connectivity index (χ2v) is 4.80. The first-order chi connectivity index (χ1) is 9.63. The van der Waals surface area contributed by atoms with E-state index in [4.69, 9.17) is 0 Å². The van der Waals surface area contributed by atoms with E-state index in [2.05, 4.69) is 12.2 Å². The van der Waals surface area contributed by atoms with Crippen LogP contribution >= 0.6 is 0 Å². The van der Waals surface area contributed by atoms with E-state index in [1.165, 1.54) is 6.07 Å². The molecule has 3 nitrogen and oxygen atoms in total. The summed E-state index contributed by atoms with van der Waals surface area (Å²) in [7, 11) is 0. The van der Waals surface area contributed by atoms with Crippen LogP contribution in [0.5, 0.6) is 0 Å². The number of aryl methyl sites for hydroxylation is 1. The molecule has 0 aliphatic carbocycles. The molecule has 0 amide bonds. The van der Waals surface area contributed by atoms with Crippen LogP contribution in [0.2, 0.25) is 0 Å². The fraction of sp³-hybridized carbons (Fsp3) is 0.312. The molecule has 1 aromatic heterocycles. The molecule has 0 spiro atoms. The number of para-hydroxylation sites is 1. The van der Waals surface area contributed by atoms with Gasteiger partial charge >= 0.3 is 0 Å². The van der Waals surface area contributed by atoms with Crippen molar-refractivity contribution in [1.29, 1.82) is 0 Å². The summed E-state index contributed by atoms with van der Waals surface area (Å²) >= 11 is 0. The van der Waals surface area contributed by atoms with E-state index in [0.717, 1.165) is 18.7 Å². The molecular weight excluding hydrogens is 255 g/mol. The van der Waals surface area contributed by atoms with Gasteiger partial charge in [-0.3, -0.25) is 4.79 Å². The van der Waals surface area contributed by atoms with Gasteiger partial charge in [-0.2, -0.15) is 0 Å². The van der Waals surface area contributed by atoms with Crippen molar-refractivity contribution in [3.05, 3.63) is 63.8 Å². The predicted octanol–water partition coefficient (Wildman–Crippen LogP) is 2.78. The van der Waals surface area contributed by atoms with Crippen LogP contribution in [0, 0.1) is 12.7 Å². The number of rotatable bonds is 5. The van der Waals surface area contributed by atoms with Crippen molar-refractivity contribution < 1.29 is 4.39 Å². The SMILES string of the molecule is CCCNCc1cn(-c2ccccc2F)c(C)cc1=O. The lowest BCUT2D eigenvalue weighted by Gasteiger charge is -2.13. The van der Waals surface area contributed by atoms with E-state index in [1.54, 1.807) is 42.0 Å². The standard InChI is InChI=1S/C16H19FN2O/c1-3-8-18-10-13-11-19(12(2)9-16(13)20)15-7-5-4-6-14(15)17/h4-7,9,11,18H,3,8,10H2,1-2H3. The van der Waals surface area contributed by atoms with Crippen LogP contribution in [0.25, 0.3) is 5.69 Å². The molecule has 1 aromatic carbocycles. The zero-order valence-corrected chi connectivity index (χ0v) is 11.8. The maximum atomic E-state index is 13.9. The Balaban J connectivity index is 2.41. The summed E-state index contributed by atoms with van der Waals surface area (Å²) in [5, 5.41) is 3.20. The minimum Gasteiger partial charge on any atom is -0.318 e. The summed E-state index contributed by atoms with van der Waals surface area (Å²) in [6.07, 6.45) is 2.73. The highest BCUT2D eigenvalue weighted by Gasteiger charge is 2.08. The predicted molar refractivity (Wildman–Crippen MR) is 78.7 cm³/mol. The summed E-state index contributed by atoms with van der Waals surface area (Å²) in [5.74, 6) is -0.299. The zero-order valence-electron chi connectivity index (χ0n) is 11.8. The number of benzene rings is 1.